The molecule has 2 rings (SSSR count). The van der Waals surface area contributed by atoms with E-state index < -0.39 is 0 Å². The van der Waals surface area contributed by atoms with Crippen LogP contribution >= 0.6 is 27.5 Å². The number of carbonyl (C=O) groups excluding carboxylic acids is 1. The molecule has 0 spiro atoms. The van der Waals surface area contributed by atoms with Gasteiger partial charge in [0.05, 0.1) is 16.4 Å². The molecule has 0 fully saturated rings. The fraction of sp³-hybridized carbons (Fsp3) is 0.0769. The number of nitrogen functional groups attached to an aromatic ring is 1. The van der Waals surface area contributed by atoms with Gasteiger partial charge in [0.2, 0.25) is 0 Å². The molecular formula is C13H11BrClN3O. The van der Waals surface area contributed by atoms with Gasteiger partial charge < -0.3 is 11.1 Å². The topological polar surface area (TPSA) is 68.0 Å². The number of benzene rings is 1. The van der Waals surface area contributed by atoms with Crippen molar-refractivity contribution in [2.75, 3.05) is 11.1 Å². The van der Waals surface area contributed by atoms with Crippen LogP contribution in [-0.4, -0.2) is 10.9 Å². The number of halogens is 2. The zero-order valence-corrected chi connectivity index (χ0v) is 12.4. The summed E-state index contributed by atoms with van der Waals surface area (Å²) in [6, 6.07) is 6.82. The molecule has 6 heteroatoms. The number of anilines is 2. The van der Waals surface area contributed by atoms with E-state index >= 15 is 0 Å². The van der Waals surface area contributed by atoms with Crippen molar-refractivity contribution in [1.82, 2.24) is 4.98 Å². The van der Waals surface area contributed by atoms with E-state index in [0.29, 0.717) is 26.6 Å². The fourth-order valence-electron chi connectivity index (χ4n) is 1.59. The SMILES string of the molecule is Cc1cc(Cl)cc(C(=O)Nc2ncc(N)cc2Br)c1. The highest BCUT2D eigenvalue weighted by Gasteiger charge is 2.10. The second-order valence-electron chi connectivity index (χ2n) is 4.07. The molecule has 0 bridgehead atoms. The van der Waals surface area contributed by atoms with Crippen LogP contribution in [-0.2, 0) is 0 Å². The van der Waals surface area contributed by atoms with E-state index in [2.05, 4.69) is 26.2 Å². The molecule has 1 aromatic carbocycles. The number of nitrogens with two attached hydrogens (primary N) is 1. The van der Waals surface area contributed by atoms with Crippen molar-refractivity contribution in [3.8, 4) is 0 Å². The number of hydrogen-bond acceptors (Lipinski definition) is 3. The molecule has 0 unspecified atom stereocenters. The highest BCUT2D eigenvalue weighted by atomic mass is 79.9. The first kappa shape index (κ1) is 13.8. The van der Waals surface area contributed by atoms with Gasteiger partial charge in [-0.1, -0.05) is 11.6 Å². The van der Waals surface area contributed by atoms with Crippen LogP contribution in [0.5, 0.6) is 0 Å². The molecular weight excluding hydrogens is 330 g/mol. The highest BCUT2D eigenvalue weighted by molar-refractivity contribution is 9.10. The normalized spacial score (nSPS) is 10.3. The second kappa shape index (κ2) is 5.59. The minimum Gasteiger partial charge on any atom is -0.397 e. The van der Waals surface area contributed by atoms with Gasteiger partial charge in [0.1, 0.15) is 5.82 Å². The van der Waals surface area contributed by atoms with Crippen LogP contribution in [0, 0.1) is 6.92 Å². The number of hydrogen-bond donors (Lipinski definition) is 2. The lowest BCUT2D eigenvalue weighted by atomic mass is 10.1. The van der Waals surface area contributed by atoms with E-state index in [1.165, 1.54) is 6.20 Å². The lowest BCUT2D eigenvalue weighted by molar-refractivity contribution is 0.102. The molecule has 19 heavy (non-hydrogen) atoms. The van der Waals surface area contributed by atoms with E-state index in [-0.39, 0.29) is 5.91 Å². The van der Waals surface area contributed by atoms with Gasteiger partial charge in [-0.2, -0.15) is 0 Å². The summed E-state index contributed by atoms with van der Waals surface area (Å²) in [5, 5.41) is 3.22. The molecule has 0 saturated heterocycles. The maximum absolute atomic E-state index is 12.1. The number of aryl methyl sites for hydroxylation is 1. The Morgan fingerprint density at radius 2 is 2.11 bits per heavy atom. The van der Waals surface area contributed by atoms with Crippen molar-refractivity contribution in [2.45, 2.75) is 6.92 Å². The largest absolute Gasteiger partial charge is 0.397 e. The maximum atomic E-state index is 12.1. The van der Waals surface area contributed by atoms with Crippen molar-refractivity contribution >= 4 is 44.9 Å². The number of rotatable bonds is 2. The Morgan fingerprint density at radius 1 is 1.37 bits per heavy atom. The number of carbonyl (C=O) groups is 1. The van der Waals surface area contributed by atoms with Crippen molar-refractivity contribution < 1.29 is 4.79 Å². The molecule has 0 saturated carbocycles. The molecule has 0 aliphatic heterocycles. The molecule has 1 amide bonds. The monoisotopic (exact) mass is 339 g/mol. The standard InChI is InChI=1S/C13H11BrClN3O/c1-7-2-8(4-9(15)3-7)13(19)18-12-11(14)5-10(16)6-17-12/h2-6H,16H2,1H3,(H,17,18,19). The summed E-state index contributed by atoms with van der Waals surface area (Å²) in [6.07, 6.45) is 1.48. The average Bonchev–Trinajstić information content (AvgIpc) is 2.31. The first-order valence-corrected chi connectivity index (χ1v) is 6.62. The van der Waals surface area contributed by atoms with Gasteiger partial charge in [0.25, 0.3) is 5.91 Å². The van der Waals surface area contributed by atoms with Gasteiger partial charge in [-0.25, -0.2) is 4.98 Å². The molecule has 0 aliphatic rings. The maximum Gasteiger partial charge on any atom is 0.256 e. The van der Waals surface area contributed by atoms with Crippen LogP contribution in [0.25, 0.3) is 0 Å². The molecule has 4 nitrogen and oxygen atoms in total. The predicted molar refractivity (Wildman–Crippen MR) is 80.5 cm³/mol. The number of pyridine rings is 1. The summed E-state index contributed by atoms with van der Waals surface area (Å²) in [4.78, 5) is 16.1. The van der Waals surface area contributed by atoms with Gasteiger partial charge in [-0.05, 0) is 52.7 Å². The van der Waals surface area contributed by atoms with E-state index in [9.17, 15) is 4.79 Å². The zero-order chi connectivity index (χ0) is 14.0. The Balaban J connectivity index is 2.25. The van der Waals surface area contributed by atoms with Crippen molar-refractivity contribution in [3.63, 3.8) is 0 Å². The van der Waals surface area contributed by atoms with E-state index in [1.54, 1.807) is 24.3 Å². The molecule has 98 valence electrons. The molecule has 0 radical (unpaired) electrons. The average molecular weight is 341 g/mol. The molecule has 1 aromatic heterocycles. The summed E-state index contributed by atoms with van der Waals surface area (Å²) in [6.45, 7) is 1.88. The van der Waals surface area contributed by atoms with Crippen LogP contribution in [0.4, 0.5) is 11.5 Å². The fourth-order valence-corrected chi connectivity index (χ4v) is 2.35. The first-order chi connectivity index (χ1) is 8.95. The summed E-state index contributed by atoms with van der Waals surface area (Å²) < 4.78 is 0.625. The third-order valence-electron chi connectivity index (χ3n) is 2.40. The Morgan fingerprint density at radius 3 is 2.74 bits per heavy atom. The Kier molecular flexibility index (Phi) is 4.07. The van der Waals surface area contributed by atoms with Crippen LogP contribution in [0.2, 0.25) is 5.02 Å². The molecule has 0 atom stereocenters. The summed E-state index contributed by atoms with van der Waals surface area (Å²) in [5.41, 5.74) is 7.50. The number of nitrogens with one attached hydrogen (secondary N) is 1. The number of aromatic nitrogens is 1. The summed E-state index contributed by atoms with van der Waals surface area (Å²) in [5.74, 6) is 0.139. The van der Waals surface area contributed by atoms with E-state index in [4.69, 9.17) is 17.3 Å². The second-order valence-corrected chi connectivity index (χ2v) is 5.36. The Bertz CT molecular complexity index is 626. The minimum atomic E-state index is -0.274. The van der Waals surface area contributed by atoms with Crippen LogP contribution < -0.4 is 11.1 Å². The minimum absolute atomic E-state index is 0.274. The number of nitrogens with zero attached hydrogens (tertiary/aromatic N) is 1. The number of amides is 1. The van der Waals surface area contributed by atoms with Gasteiger partial charge in [0.15, 0.2) is 0 Å². The van der Waals surface area contributed by atoms with E-state index in [1.807, 2.05) is 6.92 Å². The Hall–Kier alpha value is -1.59. The van der Waals surface area contributed by atoms with Crippen LogP contribution in [0.1, 0.15) is 15.9 Å². The summed E-state index contributed by atoms with van der Waals surface area (Å²) in [7, 11) is 0. The zero-order valence-electron chi connectivity index (χ0n) is 10.1. The first-order valence-electron chi connectivity index (χ1n) is 5.45. The Labute approximate surface area is 124 Å². The van der Waals surface area contributed by atoms with Gasteiger partial charge in [-0.3, -0.25) is 4.79 Å². The molecule has 0 aliphatic carbocycles. The quantitative estimate of drug-likeness (QED) is 0.877. The van der Waals surface area contributed by atoms with Gasteiger partial charge >= 0.3 is 0 Å². The van der Waals surface area contributed by atoms with Crippen LogP contribution in [0.3, 0.4) is 0 Å². The molecule has 1 heterocycles. The van der Waals surface area contributed by atoms with Crippen molar-refractivity contribution in [3.05, 3.63) is 51.1 Å². The molecule has 3 N–H and O–H groups in total. The summed E-state index contributed by atoms with van der Waals surface area (Å²) >= 11 is 9.22. The third-order valence-corrected chi connectivity index (χ3v) is 3.22. The smallest absolute Gasteiger partial charge is 0.256 e. The lowest BCUT2D eigenvalue weighted by Crippen LogP contribution is -2.13. The van der Waals surface area contributed by atoms with Crippen molar-refractivity contribution in [1.29, 1.82) is 0 Å². The van der Waals surface area contributed by atoms with Crippen LogP contribution in [0.15, 0.2) is 34.9 Å². The van der Waals surface area contributed by atoms with Gasteiger partial charge in [0, 0.05) is 10.6 Å². The van der Waals surface area contributed by atoms with Gasteiger partial charge in [-0.15, -0.1) is 0 Å². The highest BCUT2D eigenvalue weighted by Crippen LogP contribution is 2.23. The lowest BCUT2D eigenvalue weighted by Gasteiger charge is -2.08. The van der Waals surface area contributed by atoms with Crippen molar-refractivity contribution in [2.24, 2.45) is 0 Å². The third kappa shape index (κ3) is 3.45. The predicted octanol–water partition coefficient (Wildman–Crippen LogP) is 3.64. The molecule has 2 aromatic rings. The van der Waals surface area contributed by atoms with E-state index in [0.717, 1.165) is 5.56 Å².